The van der Waals surface area contributed by atoms with Crippen LogP contribution in [0.4, 0.5) is 4.39 Å². The SMILES string of the molecule is NC(=O)c1cccc(C(N)=O)c1-c1c(O)cccc1F. The van der Waals surface area contributed by atoms with Crippen molar-refractivity contribution in [3.8, 4) is 16.9 Å². The Bertz CT molecular complexity index is 661. The Labute approximate surface area is 113 Å². The van der Waals surface area contributed by atoms with E-state index in [1.165, 1.54) is 30.3 Å². The molecular weight excluding hydrogens is 263 g/mol. The summed E-state index contributed by atoms with van der Waals surface area (Å²) in [5, 5.41) is 9.81. The lowest BCUT2D eigenvalue weighted by molar-refractivity contribution is 0.0999. The van der Waals surface area contributed by atoms with Crippen molar-refractivity contribution in [3.63, 3.8) is 0 Å². The third kappa shape index (κ3) is 2.18. The van der Waals surface area contributed by atoms with Gasteiger partial charge in [-0.1, -0.05) is 12.1 Å². The molecule has 0 unspecified atom stereocenters. The van der Waals surface area contributed by atoms with Gasteiger partial charge in [-0.2, -0.15) is 0 Å². The first-order chi connectivity index (χ1) is 9.43. The molecule has 20 heavy (non-hydrogen) atoms. The average Bonchev–Trinajstić information content (AvgIpc) is 2.38. The summed E-state index contributed by atoms with van der Waals surface area (Å²) in [6.45, 7) is 0. The van der Waals surface area contributed by atoms with Crippen LogP contribution >= 0.6 is 0 Å². The molecule has 5 nitrogen and oxygen atoms in total. The normalized spacial score (nSPS) is 10.2. The number of carbonyl (C=O) groups is 2. The summed E-state index contributed by atoms with van der Waals surface area (Å²) < 4.78 is 14.0. The van der Waals surface area contributed by atoms with Crippen molar-refractivity contribution in [1.29, 1.82) is 0 Å². The van der Waals surface area contributed by atoms with Gasteiger partial charge in [0.05, 0.1) is 5.56 Å². The minimum absolute atomic E-state index is 0.0956. The topological polar surface area (TPSA) is 106 Å². The zero-order valence-corrected chi connectivity index (χ0v) is 10.3. The monoisotopic (exact) mass is 274 g/mol. The number of rotatable bonds is 3. The number of carbonyl (C=O) groups excluding carboxylic acids is 2. The van der Waals surface area contributed by atoms with Crippen molar-refractivity contribution in [2.75, 3.05) is 0 Å². The van der Waals surface area contributed by atoms with Crippen LogP contribution in [0.25, 0.3) is 11.1 Å². The molecule has 0 aliphatic rings. The lowest BCUT2D eigenvalue weighted by Crippen LogP contribution is -2.18. The molecule has 0 aliphatic heterocycles. The number of nitrogens with two attached hydrogens (primary N) is 2. The Morgan fingerprint density at radius 2 is 1.40 bits per heavy atom. The number of benzene rings is 2. The smallest absolute Gasteiger partial charge is 0.249 e. The van der Waals surface area contributed by atoms with Gasteiger partial charge >= 0.3 is 0 Å². The third-order valence-electron chi connectivity index (χ3n) is 2.84. The van der Waals surface area contributed by atoms with Crippen LogP contribution in [-0.2, 0) is 0 Å². The standard InChI is InChI=1S/C14H11FN2O3/c15-9-5-2-6-10(18)12(9)11-7(13(16)19)3-1-4-8(11)14(17)20/h1-6,18H,(H2,16,19)(H2,17,20). The van der Waals surface area contributed by atoms with Crippen molar-refractivity contribution in [2.24, 2.45) is 11.5 Å². The first-order valence-electron chi connectivity index (χ1n) is 5.64. The minimum Gasteiger partial charge on any atom is -0.507 e. The molecule has 0 atom stereocenters. The van der Waals surface area contributed by atoms with Crippen LogP contribution in [-0.4, -0.2) is 16.9 Å². The predicted molar refractivity (Wildman–Crippen MR) is 70.5 cm³/mol. The Kier molecular flexibility index (Phi) is 3.39. The lowest BCUT2D eigenvalue weighted by Gasteiger charge is -2.13. The first kappa shape index (κ1) is 13.5. The Morgan fingerprint density at radius 3 is 1.85 bits per heavy atom. The summed E-state index contributed by atoms with van der Waals surface area (Å²) >= 11 is 0. The van der Waals surface area contributed by atoms with Gasteiger partial charge in [-0.3, -0.25) is 9.59 Å². The molecule has 0 spiro atoms. The molecule has 0 saturated carbocycles. The van der Waals surface area contributed by atoms with Crippen LogP contribution in [0.2, 0.25) is 0 Å². The summed E-state index contributed by atoms with van der Waals surface area (Å²) in [7, 11) is 0. The Hall–Kier alpha value is -2.89. The quantitative estimate of drug-likeness (QED) is 0.787. The van der Waals surface area contributed by atoms with E-state index in [1.54, 1.807) is 0 Å². The highest BCUT2D eigenvalue weighted by molar-refractivity contribution is 6.08. The summed E-state index contributed by atoms with van der Waals surface area (Å²) in [4.78, 5) is 22.9. The van der Waals surface area contributed by atoms with E-state index in [1.807, 2.05) is 0 Å². The van der Waals surface area contributed by atoms with Gasteiger partial charge in [-0.05, 0) is 24.3 Å². The Morgan fingerprint density at radius 1 is 0.900 bits per heavy atom. The van der Waals surface area contributed by atoms with Gasteiger partial charge in [0.1, 0.15) is 11.6 Å². The van der Waals surface area contributed by atoms with Crippen LogP contribution in [0, 0.1) is 5.82 Å². The highest BCUT2D eigenvalue weighted by Gasteiger charge is 2.22. The molecule has 2 aromatic rings. The zero-order chi connectivity index (χ0) is 14.9. The number of phenolic OH excluding ortho intramolecular Hbond substituents is 1. The van der Waals surface area contributed by atoms with E-state index in [4.69, 9.17) is 11.5 Å². The molecule has 6 heteroatoms. The van der Waals surface area contributed by atoms with Gasteiger partial charge in [-0.15, -0.1) is 0 Å². The second-order valence-electron chi connectivity index (χ2n) is 4.09. The number of hydrogen-bond donors (Lipinski definition) is 3. The fraction of sp³-hybridized carbons (Fsp3) is 0. The van der Waals surface area contributed by atoms with Gasteiger partial charge in [-0.25, -0.2) is 4.39 Å². The molecular formula is C14H11FN2O3. The first-order valence-corrected chi connectivity index (χ1v) is 5.64. The number of hydrogen-bond acceptors (Lipinski definition) is 3. The molecule has 0 bridgehead atoms. The van der Waals surface area contributed by atoms with Crippen molar-refractivity contribution in [1.82, 2.24) is 0 Å². The maximum Gasteiger partial charge on any atom is 0.249 e. The molecule has 2 amide bonds. The number of halogens is 1. The molecule has 0 aromatic heterocycles. The molecule has 0 radical (unpaired) electrons. The minimum atomic E-state index is -0.856. The van der Waals surface area contributed by atoms with Gasteiger partial charge in [0, 0.05) is 16.7 Å². The molecule has 5 N–H and O–H groups in total. The van der Waals surface area contributed by atoms with E-state index in [0.717, 1.165) is 6.07 Å². The number of aromatic hydroxyl groups is 1. The van der Waals surface area contributed by atoms with Gasteiger partial charge in [0.25, 0.3) is 0 Å². The predicted octanol–water partition coefficient (Wildman–Crippen LogP) is 1.40. The molecule has 0 saturated heterocycles. The van der Waals surface area contributed by atoms with Gasteiger partial charge in [0.15, 0.2) is 0 Å². The van der Waals surface area contributed by atoms with Crippen LogP contribution in [0.15, 0.2) is 36.4 Å². The van der Waals surface area contributed by atoms with E-state index in [0.29, 0.717) is 0 Å². The molecule has 0 heterocycles. The number of amides is 2. The summed E-state index contributed by atoms with van der Waals surface area (Å²) in [5.41, 5.74) is 9.87. The van der Waals surface area contributed by atoms with Crippen LogP contribution in [0.5, 0.6) is 5.75 Å². The molecule has 2 rings (SSSR count). The summed E-state index contributed by atoms with van der Waals surface area (Å²) in [5.74, 6) is -2.92. The molecule has 102 valence electrons. The van der Waals surface area contributed by atoms with E-state index < -0.39 is 23.4 Å². The van der Waals surface area contributed by atoms with Gasteiger partial charge in [0.2, 0.25) is 11.8 Å². The second-order valence-corrected chi connectivity index (χ2v) is 4.09. The van der Waals surface area contributed by atoms with E-state index in [-0.39, 0.29) is 22.3 Å². The summed E-state index contributed by atoms with van der Waals surface area (Å²) in [6.07, 6.45) is 0. The summed E-state index contributed by atoms with van der Waals surface area (Å²) in [6, 6.07) is 7.69. The average molecular weight is 274 g/mol. The van der Waals surface area contributed by atoms with Crippen molar-refractivity contribution in [3.05, 3.63) is 53.3 Å². The number of primary amides is 2. The maximum atomic E-state index is 14.0. The Balaban J connectivity index is 2.91. The van der Waals surface area contributed by atoms with Crippen LogP contribution in [0.1, 0.15) is 20.7 Å². The van der Waals surface area contributed by atoms with Crippen LogP contribution in [0.3, 0.4) is 0 Å². The zero-order valence-electron chi connectivity index (χ0n) is 10.3. The lowest BCUT2D eigenvalue weighted by atomic mass is 9.92. The second kappa shape index (κ2) is 5.00. The maximum absolute atomic E-state index is 14.0. The molecule has 2 aromatic carbocycles. The fourth-order valence-corrected chi connectivity index (χ4v) is 1.99. The van der Waals surface area contributed by atoms with Gasteiger partial charge < -0.3 is 16.6 Å². The van der Waals surface area contributed by atoms with E-state index in [9.17, 15) is 19.1 Å². The largest absolute Gasteiger partial charge is 0.507 e. The van der Waals surface area contributed by atoms with E-state index in [2.05, 4.69) is 0 Å². The van der Waals surface area contributed by atoms with Crippen molar-refractivity contribution in [2.45, 2.75) is 0 Å². The van der Waals surface area contributed by atoms with Crippen molar-refractivity contribution >= 4 is 11.8 Å². The van der Waals surface area contributed by atoms with Crippen molar-refractivity contribution < 1.29 is 19.1 Å². The number of phenols is 1. The highest BCUT2D eigenvalue weighted by atomic mass is 19.1. The highest BCUT2D eigenvalue weighted by Crippen LogP contribution is 2.36. The third-order valence-corrected chi connectivity index (χ3v) is 2.84. The fourth-order valence-electron chi connectivity index (χ4n) is 1.99. The molecule has 0 fully saturated rings. The molecule has 0 aliphatic carbocycles. The van der Waals surface area contributed by atoms with Crippen LogP contribution < -0.4 is 11.5 Å². The van der Waals surface area contributed by atoms with E-state index >= 15 is 0 Å².